The van der Waals surface area contributed by atoms with Crippen LogP contribution in [0.25, 0.3) is 16.7 Å². The molecule has 6 nitrogen and oxygen atoms in total. The average Bonchev–Trinajstić information content (AvgIpc) is 3.18. The Hall–Kier alpha value is -3.88. The minimum Gasteiger partial charge on any atom is -0.467 e. The zero-order valence-electron chi connectivity index (χ0n) is 20.5. The maximum Gasteiger partial charge on any atom is 0.417 e. The van der Waals surface area contributed by atoms with E-state index in [2.05, 4.69) is 29.2 Å². The molecule has 4 aromatic rings. The highest BCUT2D eigenvalue weighted by molar-refractivity contribution is 5.92. The number of alkyl halides is 3. The molecule has 4 rings (SSSR count). The van der Waals surface area contributed by atoms with Crippen LogP contribution in [0.5, 0.6) is 5.88 Å². The highest BCUT2D eigenvalue weighted by Gasteiger charge is 2.36. The predicted octanol–water partition coefficient (Wildman–Crippen LogP) is 6.45. The van der Waals surface area contributed by atoms with Crippen LogP contribution in [-0.2, 0) is 17.4 Å². The number of amides is 1. The third-order valence-corrected chi connectivity index (χ3v) is 5.90. The number of hydrogen-bond donors (Lipinski definition) is 1. The minimum absolute atomic E-state index is 0.00579. The molecular weight excluding hydrogens is 469 g/mol. The first-order valence-electron chi connectivity index (χ1n) is 11.7. The summed E-state index contributed by atoms with van der Waals surface area (Å²) in [6.07, 6.45) is -3.83. The van der Waals surface area contributed by atoms with E-state index in [0.717, 1.165) is 23.6 Å². The van der Waals surface area contributed by atoms with Crippen molar-refractivity contribution in [3.05, 3.63) is 77.0 Å². The lowest BCUT2D eigenvalue weighted by Crippen LogP contribution is -2.21. The van der Waals surface area contributed by atoms with E-state index in [1.54, 1.807) is 24.3 Å². The van der Waals surface area contributed by atoms with E-state index < -0.39 is 24.3 Å². The number of nitrogens with zero attached hydrogens (tertiary/aromatic N) is 3. The van der Waals surface area contributed by atoms with Gasteiger partial charge in [-0.3, -0.25) is 4.79 Å². The molecule has 0 aliphatic heterocycles. The third-order valence-electron chi connectivity index (χ3n) is 5.90. The van der Waals surface area contributed by atoms with Gasteiger partial charge < -0.3 is 10.1 Å². The second-order valence-electron chi connectivity index (χ2n) is 8.84. The number of pyridine rings is 1. The molecule has 1 N–H and O–H groups in total. The molecule has 9 heteroatoms. The maximum atomic E-state index is 14.0. The zero-order valence-corrected chi connectivity index (χ0v) is 20.5. The van der Waals surface area contributed by atoms with Gasteiger partial charge in [0.1, 0.15) is 0 Å². The van der Waals surface area contributed by atoms with Gasteiger partial charge in [0.05, 0.1) is 22.3 Å². The van der Waals surface area contributed by atoms with Crippen molar-refractivity contribution in [2.45, 2.75) is 46.2 Å². The molecule has 0 unspecified atom stereocenters. The fourth-order valence-corrected chi connectivity index (χ4v) is 3.90. The Bertz CT molecular complexity index is 1380. The number of anilines is 1. The number of aromatic nitrogens is 3. The largest absolute Gasteiger partial charge is 0.467 e. The van der Waals surface area contributed by atoms with E-state index in [-0.39, 0.29) is 22.6 Å². The van der Waals surface area contributed by atoms with Crippen molar-refractivity contribution in [3.8, 4) is 11.6 Å². The molecule has 0 bridgehead atoms. The van der Waals surface area contributed by atoms with Gasteiger partial charge in [-0.25, -0.2) is 4.68 Å². The van der Waals surface area contributed by atoms with Crippen LogP contribution in [0.4, 0.5) is 18.9 Å². The van der Waals surface area contributed by atoms with Crippen LogP contribution in [0.1, 0.15) is 49.1 Å². The van der Waals surface area contributed by atoms with E-state index >= 15 is 0 Å². The summed E-state index contributed by atoms with van der Waals surface area (Å²) in [5, 5.41) is 6.89. The highest BCUT2D eigenvalue weighted by atomic mass is 19.4. The summed E-state index contributed by atoms with van der Waals surface area (Å²) < 4.78 is 48.7. The first-order valence-corrected chi connectivity index (χ1v) is 11.7. The van der Waals surface area contributed by atoms with Crippen LogP contribution >= 0.6 is 0 Å². The SMILES string of the molecule is CCc1ccc(-n2nc(C)c3c(C(F)(F)F)cc(OCC(=O)Nc4ccc(C(C)C)cc4)nc32)cc1. The number of halogens is 3. The van der Waals surface area contributed by atoms with Crippen molar-refractivity contribution in [1.29, 1.82) is 0 Å². The highest BCUT2D eigenvalue weighted by Crippen LogP contribution is 2.38. The Morgan fingerprint density at radius 3 is 2.33 bits per heavy atom. The quantitative estimate of drug-likeness (QED) is 0.319. The van der Waals surface area contributed by atoms with Crippen LogP contribution in [0.3, 0.4) is 0 Å². The van der Waals surface area contributed by atoms with E-state index in [1.165, 1.54) is 11.6 Å². The van der Waals surface area contributed by atoms with Crippen molar-refractivity contribution in [1.82, 2.24) is 14.8 Å². The Morgan fingerprint density at radius 2 is 1.75 bits per heavy atom. The minimum atomic E-state index is -4.66. The van der Waals surface area contributed by atoms with Crippen molar-refractivity contribution in [2.75, 3.05) is 11.9 Å². The summed E-state index contributed by atoms with van der Waals surface area (Å²) >= 11 is 0. The molecule has 0 fully saturated rings. The summed E-state index contributed by atoms with van der Waals surface area (Å²) in [6, 6.07) is 15.5. The molecule has 0 saturated heterocycles. The van der Waals surface area contributed by atoms with Gasteiger partial charge in [0.25, 0.3) is 5.91 Å². The number of aryl methyl sites for hydroxylation is 2. The molecule has 0 atom stereocenters. The lowest BCUT2D eigenvalue weighted by atomic mass is 10.0. The van der Waals surface area contributed by atoms with Gasteiger partial charge in [0.2, 0.25) is 5.88 Å². The summed E-state index contributed by atoms with van der Waals surface area (Å²) in [6.45, 7) is 7.15. The molecule has 0 aliphatic carbocycles. The number of nitrogens with one attached hydrogen (secondary N) is 1. The standard InChI is InChI=1S/C27H27F3N4O2/c1-5-18-6-12-21(13-7-18)34-26-25(17(4)33-34)22(27(28,29)30)14-24(32-26)36-15-23(35)31-20-10-8-19(9-11-20)16(2)3/h6-14,16H,5,15H2,1-4H3,(H,31,35). The van der Waals surface area contributed by atoms with Gasteiger partial charge in [0.15, 0.2) is 12.3 Å². The summed E-state index contributed by atoms with van der Waals surface area (Å²) in [4.78, 5) is 16.7. The molecular formula is C27H27F3N4O2. The first-order chi connectivity index (χ1) is 17.1. The fourth-order valence-electron chi connectivity index (χ4n) is 3.90. The number of ether oxygens (including phenoxy) is 1. The Morgan fingerprint density at radius 1 is 1.08 bits per heavy atom. The lowest BCUT2D eigenvalue weighted by molar-refractivity contribution is -0.136. The number of carbonyl (C=O) groups excluding carboxylic acids is 1. The van der Waals surface area contributed by atoms with Crippen LogP contribution in [0.2, 0.25) is 0 Å². The van der Waals surface area contributed by atoms with Crippen LogP contribution in [0.15, 0.2) is 54.6 Å². The molecule has 2 aromatic heterocycles. The molecule has 0 spiro atoms. The van der Waals surface area contributed by atoms with E-state index in [1.807, 2.05) is 31.2 Å². The number of fused-ring (bicyclic) bond motifs is 1. The van der Waals surface area contributed by atoms with E-state index in [0.29, 0.717) is 17.3 Å². The molecule has 0 aliphatic rings. The van der Waals surface area contributed by atoms with Gasteiger partial charge >= 0.3 is 6.18 Å². The Labute approximate surface area is 207 Å². The fraction of sp³-hybridized carbons (Fsp3) is 0.296. The van der Waals surface area contributed by atoms with Crippen molar-refractivity contribution < 1.29 is 22.7 Å². The Balaban J connectivity index is 1.62. The van der Waals surface area contributed by atoms with Gasteiger partial charge in [-0.1, -0.05) is 45.0 Å². The summed E-state index contributed by atoms with van der Waals surface area (Å²) in [5.74, 6) is -0.474. The molecule has 0 radical (unpaired) electrons. The number of carbonyl (C=O) groups is 1. The second kappa shape index (κ2) is 10.0. The third kappa shape index (κ3) is 5.35. The Kier molecular flexibility index (Phi) is 7.01. The van der Waals surface area contributed by atoms with E-state index in [4.69, 9.17) is 4.74 Å². The number of rotatable bonds is 7. The van der Waals surface area contributed by atoms with E-state index in [9.17, 15) is 18.0 Å². The number of benzene rings is 2. The zero-order chi connectivity index (χ0) is 26.0. The molecule has 188 valence electrons. The average molecular weight is 497 g/mol. The molecule has 36 heavy (non-hydrogen) atoms. The molecule has 2 heterocycles. The second-order valence-corrected chi connectivity index (χ2v) is 8.84. The van der Waals surface area contributed by atoms with Crippen LogP contribution in [-0.4, -0.2) is 27.3 Å². The topological polar surface area (TPSA) is 69.0 Å². The predicted molar refractivity (Wildman–Crippen MR) is 133 cm³/mol. The summed E-state index contributed by atoms with van der Waals surface area (Å²) in [5.41, 5.74) is 2.63. The van der Waals surface area contributed by atoms with Crippen molar-refractivity contribution >= 4 is 22.6 Å². The van der Waals surface area contributed by atoms with Gasteiger partial charge in [-0.05, 0) is 54.7 Å². The van der Waals surface area contributed by atoms with Gasteiger partial charge in [-0.2, -0.15) is 23.3 Å². The first kappa shape index (κ1) is 25.2. The van der Waals surface area contributed by atoms with Gasteiger partial charge in [0, 0.05) is 11.8 Å². The van der Waals surface area contributed by atoms with Crippen LogP contribution in [0, 0.1) is 6.92 Å². The molecule has 0 saturated carbocycles. The monoisotopic (exact) mass is 496 g/mol. The molecule has 1 amide bonds. The lowest BCUT2D eigenvalue weighted by Gasteiger charge is -2.13. The van der Waals surface area contributed by atoms with Crippen LogP contribution < -0.4 is 10.1 Å². The maximum absolute atomic E-state index is 14.0. The normalized spacial score (nSPS) is 11.8. The van der Waals surface area contributed by atoms with Gasteiger partial charge in [-0.15, -0.1) is 0 Å². The van der Waals surface area contributed by atoms with Crippen molar-refractivity contribution in [2.24, 2.45) is 0 Å². The number of hydrogen-bond acceptors (Lipinski definition) is 4. The smallest absolute Gasteiger partial charge is 0.417 e. The molecule has 2 aromatic carbocycles. The summed E-state index contributed by atoms with van der Waals surface area (Å²) in [7, 11) is 0. The van der Waals surface area contributed by atoms with Crippen molar-refractivity contribution in [3.63, 3.8) is 0 Å².